The van der Waals surface area contributed by atoms with Gasteiger partial charge >= 0.3 is 5.69 Å². The highest BCUT2D eigenvalue weighted by Crippen LogP contribution is 2.32. The molecule has 30 heavy (non-hydrogen) atoms. The Kier molecular flexibility index (Phi) is 5.06. The first-order valence-corrected chi connectivity index (χ1v) is 10.9. The van der Waals surface area contributed by atoms with Crippen molar-refractivity contribution < 1.29 is 4.74 Å². The van der Waals surface area contributed by atoms with Gasteiger partial charge in [0.05, 0.1) is 28.4 Å². The maximum Gasteiger partial charge on any atom is 0.330 e. The Labute approximate surface area is 180 Å². The van der Waals surface area contributed by atoms with Gasteiger partial charge in [-0.2, -0.15) is 0 Å². The van der Waals surface area contributed by atoms with E-state index in [0.717, 1.165) is 23.3 Å². The largest absolute Gasteiger partial charge is 0.376 e. The summed E-state index contributed by atoms with van der Waals surface area (Å²) in [5.74, 6) is 0.621. The third kappa shape index (κ3) is 3.51. The van der Waals surface area contributed by atoms with Gasteiger partial charge in [0.15, 0.2) is 17.0 Å². The number of halogens is 1. The molecule has 0 amide bonds. The van der Waals surface area contributed by atoms with E-state index in [1.165, 1.54) is 15.9 Å². The molecule has 154 valence electrons. The molecule has 0 bridgehead atoms. The van der Waals surface area contributed by atoms with Crippen molar-refractivity contribution >= 4 is 34.1 Å². The molecule has 4 heterocycles. The second-order valence-corrected chi connectivity index (χ2v) is 9.00. The molecule has 0 radical (unpaired) electrons. The summed E-state index contributed by atoms with van der Waals surface area (Å²) in [7, 11) is 0. The Balaban J connectivity index is 1.73. The molecule has 1 N–H and O–H groups in total. The van der Waals surface area contributed by atoms with Crippen LogP contribution in [0.2, 0.25) is 4.34 Å². The Morgan fingerprint density at radius 1 is 1.17 bits per heavy atom. The van der Waals surface area contributed by atoms with Gasteiger partial charge in [-0.05, 0) is 30.5 Å². The molecule has 0 aliphatic carbocycles. The average Bonchev–Trinajstić information content (AvgIpc) is 3.47. The first-order chi connectivity index (χ1) is 14.6. The van der Waals surface area contributed by atoms with Gasteiger partial charge in [0, 0.05) is 6.61 Å². The molecular weight excluding hydrogens is 424 g/mol. The number of aromatic nitrogens is 4. The molecule has 0 spiro atoms. The number of nitrogens with one attached hydrogen (secondary N) is 1. The van der Waals surface area contributed by atoms with Crippen LogP contribution in [0.1, 0.15) is 18.4 Å². The summed E-state index contributed by atoms with van der Waals surface area (Å²) in [6.45, 7) is 1.52. The van der Waals surface area contributed by atoms with Crippen molar-refractivity contribution in [2.75, 3.05) is 6.61 Å². The van der Waals surface area contributed by atoms with Gasteiger partial charge in [0.2, 0.25) is 0 Å². The van der Waals surface area contributed by atoms with Crippen LogP contribution in [0.25, 0.3) is 21.9 Å². The van der Waals surface area contributed by atoms with E-state index in [-0.39, 0.29) is 6.10 Å². The van der Waals surface area contributed by atoms with Crippen molar-refractivity contribution in [1.29, 1.82) is 0 Å². The van der Waals surface area contributed by atoms with Crippen LogP contribution >= 0.6 is 22.9 Å². The number of fused-ring (bicyclic) bond motifs is 1. The fraction of sp³-hybridized carbons (Fsp3) is 0.286. The third-order valence-electron chi connectivity index (χ3n) is 5.27. The van der Waals surface area contributed by atoms with Gasteiger partial charge < -0.3 is 9.30 Å². The number of hydrogen-bond acceptors (Lipinski definition) is 5. The quantitative estimate of drug-likeness (QED) is 0.513. The van der Waals surface area contributed by atoms with Crippen molar-refractivity contribution in [3.05, 3.63) is 73.2 Å². The van der Waals surface area contributed by atoms with E-state index in [1.54, 1.807) is 6.07 Å². The topological polar surface area (TPSA) is 81.9 Å². The van der Waals surface area contributed by atoms with Gasteiger partial charge in [0.1, 0.15) is 0 Å². The molecule has 1 aliphatic rings. The zero-order chi connectivity index (χ0) is 20.7. The molecule has 0 saturated carbocycles. The number of imidazole rings is 1. The minimum atomic E-state index is -0.478. The summed E-state index contributed by atoms with van der Waals surface area (Å²) in [6, 6.07) is 13.3. The molecule has 1 aromatic carbocycles. The second-order valence-electron chi connectivity index (χ2n) is 7.29. The van der Waals surface area contributed by atoms with Crippen LogP contribution in [0.3, 0.4) is 0 Å². The molecule has 5 rings (SSSR count). The van der Waals surface area contributed by atoms with E-state index in [0.29, 0.717) is 41.0 Å². The number of aromatic amines is 1. The number of rotatable bonds is 5. The van der Waals surface area contributed by atoms with Gasteiger partial charge in [-0.25, -0.2) is 9.78 Å². The molecule has 4 aromatic rings. The maximum absolute atomic E-state index is 12.9. The molecule has 7 nitrogen and oxygen atoms in total. The molecule has 0 unspecified atom stereocenters. The maximum atomic E-state index is 12.9. The van der Waals surface area contributed by atoms with Crippen LogP contribution in [0.5, 0.6) is 0 Å². The van der Waals surface area contributed by atoms with E-state index >= 15 is 0 Å². The summed E-state index contributed by atoms with van der Waals surface area (Å²) >= 11 is 7.55. The number of thiophene rings is 1. The molecule has 3 aromatic heterocycles. The summed E-state index contributed by atoms with van der Waals surface area (Å²) < 4.78 is 9.82. The predicted molar refractivity (Wildman–Crippen MR) is 117 cm³/mol. The lowest BCUT2D eigenvalue weighted by molar-refractivity contribution is 0.0982. The summed E-state index contributed by atoms with van der Waals surface area (Å²) in [6.07, 6.45) is 1.92. The smallest absolute Gasteiger partial charge is 0.330 e. The van der Waals surface area contributed by atoms with Crippen LogP contribution < -0.4 is 11.2 Å². The minimum Gasteiger partial charge on any atom is -0.376 e. The fourth-order valence-electron chi connectivity index (χ4n) is 3.88. The number of ether oxygens (including phenoxy) is 1. The van der Waals surface area contributed by atoms with E-state index in [2.05, 4.69) is 4.98 Å². The average molecular weight is 443 g/mol. The highest BCUT2D eigenvalue weighted by molar-refractivity contribution is 7.19. The Bertz CT molecular complexity index is 1320. The monoisotopic (exact) mass is 442 g/mol. The second kappa shape index (κ2) is 7.86. The lowest BCUT2D eigenvalue weighted by Crippen LogP contribution is -2.32. The highest BCUT2D eigenvalue weighted by atomic mass is 35.5. The summed E-state index contributed by atoms with van der Waals surface area (Å²) in [4.78, 5) is 33.6. The standard InChI is InChI=1S/C21H19ClN4O3S/c22-16-9-8-15(30-16)18-23-19-17(25(18)12-14-7-4-10-29-14)20(27)24-21(28)26(19)11-13-5-2-1-3-6-13/h1-3,5-6,8-9,14H,4,7,10-12H2,(H,24,27,28)/t14-/m0/s1. The molecular formula is C21H19ClN4O3S. The fourth-order valence-corrected chi connectivity index (χ4v) is 4.92. The number of H-pyrrole nitrogens is 1. The van der Waals surface area contributed by atoms with Gasteiger partial charge in [-0.3, -0.25) is 14.3 Å². The highest BCUT2D eigenvalue weighted by Gasteiger charge is 2.24. The SMILES string of the molecule is O=c1[nH]c(=O)n(Cc2ccccc2)c2nc(-c3ccc(Cl)s3)n(C[C@@H]3CCCO3)c12. The first kappa shape index (κ1) is 19.3. The lowest BCUT2D eigenvalue weighted by Gasteiger charge is -2.13. The van der Waals surface area contributed by atoms with Gasteiger partial charge in [-0.1, -0.05) is 41.9 Å². The normalized spacial score (nSPS) is 16.5. The van der Waals surface area contributed by atoms with E-state index in [1.807, 2.05) is 41.0 Å². The zero-order valence-electron chi connectivity index (χ0n) is 16.0. The minimum absolute atomic E-state index is 0.00508. The Morgan fingerprint density at radius 3 is 2.70 bits per heavy atom. The lowest BCUT2D eigenvalue weighted by atomic mass is 10.2. The summed E-state index contributed by atoms with van der Waals surface area (Å²) in [5, 5.41) is 0. The number of benzene rings is 1. The van der Waals surface area contributed by atoms with Crippen LogP contribution in [0, 0.1) is 0 Å². The van der Waals surface area contributed by atoms with E-state index < -0.39 is 11.2 Å². The molecule has 1 saturated heterocycles. The molecule has 1 aliphatic heterocycles. The molecule has 1 atom stereocenters. The van der Waals surface area contributed by atoms with Crippen molar-refractivity contribution in [2.45, 2.75) is 32.0 Å². The van der Waals surface area contributed by atoms with Crippen molar-refractivity contribution in [2.24, 2.45) is 0 Å². The first-order valence-electron chi connectivity index (χ1n) is 9.75. The van der Waals surface area contributed by atoms with E-state index in [4.69, 9.17) is 21.3 Å². The third-order valence-corrected chi connectivity index (χ3v) is 6.50. The van der Waals surface area contributed by atoms with Crippen LogP contribution in [0.15, 0.2) is 52.1 Å². The van der Waals surface area contributed by atoms with Crippen LogP contribution in [-0.2, 0) is 17.8 Å². The Hall–Kier alpha value is -2.68. The van der Waals surface area contributed by atoms with Crippen LogP contribution in [0.4, 0.5) is 0 Å². The Morgan fingerprint density at radius 2 is 2.00 bits per heavy atom. The van der Waals surface area contributed by atoms with Crippen molar-refractivity contribution in [1.82, 2.24) is 19.1 Å². The van der Waals surface area contributed by atoms with Crippen molar-refractivity contribution in [3.63, 3.8) is 0 Å². The zero-order valence-corrected chi connectivity index (χ0v) is 17.6. The number of hydrogen-bond donors (Lipinski definition) is 1. The predicted octanol–water partition coefficient (Wildman–Crippen LogP) is 3.50. The van der Waals surface area contributed by atoms with Gasteiger partial charge in [-0.15, -0.1) is 11.3 Å². The number of nitrogens with zero attached hydrogens (tertiary/aromatic N) is 3. The van der Waals surface area contributed by atoms with Crippen LogP contribution in [-0.4, -0.2) is 31.8 Å². The van der Waals surface area contributed by atoms with Crippen molar-refractivity contribution in [3.8, 4) is 10.7 Å². The van der Waals surface area contributed by atoms with E-state index in [9.17, 15) is 9.59 Å². The summed E-state index contributed by atoms with van der Waals surface area (Å²) in [5.41, 5.74) is 0.764. The molecule has 1 fully saturated rings. The van der Waals surface area contributed by atoms with Gasteiger partial charge in [0.25, 0.3) is 5.56 Å². The molecule has 9 heteroatoms.